The Bertz CT molecular complexity index is 678. The number of aryl methyl sites for hydroxylation is 1. The summed E-state index contributed by atoms with van der Waals surface area (Å²) in [6.45, 7) is 4.18. The van der Waals surface area contributed by atoms with Crippen molar-refractivity contribution in [2.75, 3.05) is 12.4 Å². The van der Waals surface area contributed by atoms with E-state index >= 15 is 0 Å². The maximum atomic E-state index is 10.8. The van der Waals surface area contributed by atoms with Gasteiger partial charge in [0.05, 0.1) is 18.4 Å². The number of thioether (sulfide) groups is 1. The molecule has 1 saturated heterocycles. The van der Waals surface area contributed by atoms with Crippen LogP contribution in [0.4, 0.5) is 0 Å². The maximum Gasteiger partial charge on any atom is 0.313 e. The van der Waals surface area contributed by atoms with Crippen molar-refractivity contribution in [1.82, 2.24) is 24.5 Å². The predicted molar refractivity (Wildman–Crippen MR) is 84.3 cm³/mol. The van der Waals surface area contributed by atoms with E-state index in [9.17, 15) is 4.79 Å². The van der Waals surface area contributed by atoms with Crippen molar-refractivity contribution >= 4 is 17.7 Å². The predicted octanol–water partition coefficient (Wildman–Crippen LogP) is 1.52. The van der Waals surface area contributed by atoms with Crippen LogP contribution < -0.4 is 0 Å². The second-order valence-electron chi connectivity index (χ2n) is 5.29. The normalized spacial score (nSPS) is 17.7. The van der Waals surface area contributed by atoms with Gasteiger partial charge in [-0.2, -0.15) is 5.10 Å². The van der Waals surface area contributed by atoms with Crippen LogP contribution >= 0.6 is 11.8 Å². The number of nitrogens with zero attached hydrogens (tertiary/aromatic N) is 5. The summed E-state index contributed by atoms with van der Waals surface area (Å²) in [7, 11) is 0. The van der Waals surface area contributed by atoms with Crippen LogP contribution in [0.15, 0.2) is 17.4 Å². The van der Waals surface area contributed by atoms with Crippen molar-refractivity contribution < 1.29 is 14.6 Å². The summed E-state index contributed by atoms with van der Waals surface area (Å²) in [6, 6.07) is 1.89. The van der Waals surface area contributed by atoms with E-state index in [2.05, 4.69) is 15.3 Å². The largest absolute Gasteiger partial charge is 0.481 e. The Morgan fingerprint density at radius 1 is 1.52 bits per heavy atom. The molecular formula is C14H19N5O3S. The number of carboxylic acid groups (broad SMARTS) is 1. The molecule has 23 heavy (non-hydrogen) atoms. The van der Waals surface area contributed by atoms with Crippen LogP contribution in [0.3, 0.4) is 0 Å². The summed E-state index contributed by atoms with van der Waals surface area (Å²) in [4.78, 5) is 10.8. The highest BCUT2D eigenvalue weighted by Crippen LogP contribution is 2.25. The fraction of sp³-hybridized carbons (Fsp3) is 0.571. The molecule has 0 amide bonds. The van der Waals surface area contributed by atoms with Gasteiger partial charge in [-0.05, 0) is 25.8 Å². The third-order valence-electron chi connectivity index (χ3n) is 3.65. The summed E-state index contributed by atoms with van der Waals surface area (Å²) >= 11 is 1.17. The third kappa shape index (κ3) is 3.73. The zero-order valence-corrected chi connectivity index (χ0v) is 13.7. The van der Waals surface area contributed by atoms with E-state index in [1.54, 1.807) is 0 Å². The minimum atomic E-state index is -0.876. The van der Waals surface area contributed by atoms with Crippen LogP contribution in [0.5, 0.6) is 0 Å². The average molecular weight is 337 g/mol. The number of aromatic nitrogens is 5. The molecule has 2 aromatic heterocycles. The number of hydrogen-bond donors (Lipinski definition) is 1. The lowest BCUT2D eigenvalue weighted by atomic mass is 10.2. The average Bonchev–Trinajstić information content (AvgIpc) is 3.26. The number of carbonyl (C=O) groups is 1. The fourth-order valence-electron chi connectivity index (χ4n) is 2.52. The Morgan fingerprint density at radius 3 is 3.04 bits per heavy atom. The van der Waals surface area contributed by atoms with Gasteiger partial charge in [0.25, 0.3) is 0 Å². The summed E-state index contributed by atoms with van der Waals surface area (Å²) in [5.74, 6) is -0.272. The van der Waals surface area contributed by atoms with Gasteiger partial charge in [-0.25, -0.2) is 0 Å². The summed E-state index contributed by atoms with van der Waals surface area (Å²) in [5, 5.41) is 22.3. The molecule has 1 fully saturated rings. The van der Waals surface area contributed by atoms with E-state index in [4.69, 9.17) is 9.84 Å². The van der Waals surface area contributed by atoms with Gasteiger partial charge < -0.3 is 9.84 Å². The molecule has 1 atom stereocenters. The maximum absolute atomic E-state index is 10.8. The lowest BCUT2D eigenvalue weighted by molar-refractivity contribution is -0.133. The van der Waals surface area contributed by atoms with Gasteiger partial charge in [-0.15, -0.1) is 10.2 Å². The van der Waals surface area contributed by atoms with E-state index in [0.717, 1.165) is 31.7 Å². The molecule has 8 nitrogen and oxygen atoms in total. The molecule has 0 aromatic carbocycles. The zero-order chi connectivity index (χ0) is 16.2. The number of aliphatic carboxylic acids is 1. The Hall–Kier alpha value is -1.87. The molecule has 1 N–H and O–H groups in total. The number of carboxylic acids is 1. The summed E-state index contributed by atoms with van der Waals surface area (Å²) in [5.41, 5.74) is 0.736. The van der Waals surface area contributed by atoms with E-state index < -0.39 is 5.97 Å². The summed E-state index contributed by atoms with van der Waals surface area (Å²) in [6.07, 6.45) is 4.04. The smallest absolute Gasteiger partial charge is 0.313 e. The van der Waals surface area contributed by atoms with Gasteiger partial charge in [-0.1, -0.05) is 11.8 Å². The van der Waals surface area contributed by atoms with Gasteiger partial charge in [0, 0.05) is 19.3 Å². The SMILES string of the molecule is CCn1ccc(-c2nnc(SCC(=O)O)n2C[C@H]2CCCO2)n1. The van der Waals surface area contributed by atoms with Gasteiger partial charge in [0.2, 0.25) is 0 Å². The molecule has 3 heterocycles. The Balaban J connectivity index is 1.88. The lowest BCUT2D eigenvalue weighted by Crippen LogP contribution is -2.17. The van der Waals surface area contributed by atoms with E-state index in [0.29, 0.717) is 17.5 Å². The van der Waals surface area contributed by atoms with Crippen molar-refractivity contribution in [2.45, 2.75) is 44.1 Å². The van der Waals surface area contributed by atoms with Crippen LogP contribution in [0.2, 0.25) is 0 Å². The van der Waals surface area contributed by atoms with Crippen LogP contribution in [-0.4, -0.2) is 54.1 Å². The molecule has 9 heteroatoms. The molecule has 3 rings (SSSR count). The minimum Gasteiger partial charge on any atom is -0.481 e. The highest BCUT2D eigenvalue weighted by molar-refractivity contribution is 7.99. The van der Waals surface area contributed by atoms with E-state index in [1.165, 1.54) is 11.8 Å². The van der Waals surface area contributed by atoms with Gasteiger partial charge in [0.15, 0.2) is 11.0 Å². The molecule has 0 spiro atoms. The number of hydrogen-bond acceptors (Lipinski definition) is 6. The molecule has 124 valence electrons. The highest BCUT2D eigenvalue weighted by atomic mass is 32.2. The Morgan fingerprint density at radius 2 is 2.39 bits per heavy atom. The standard InChI is InChI=1S/C14H19N5O3S/c1-2-18-6-5-11(17-18)13-15-16-14(23-9-12(20)21)19(13)8-10-4-3-7-22-10/h5-6,10H,2-4,7-9H2,1H3,(H,20,21)/t10-/m1/s1. The lowest BCUT2D eigenvalue weighted by Gasteiger charge is -2.13. The van der Waals surface area contributed by atoms with E-state index in [1.807, 2.05) is 28.4 Å². The monoisotopic (exact) mass is 337 g/mol. The van der Waals surface area contributed by atoms with Crippen molar-refractivity contribution in [1.29, 1.82) is 0 Å². The second-order valence-corrected chi connectivity index (χ2v) is 6.23. The van der Waals surface area contributed by atoms with Gasteiger partial charge in [0.1, 0.15) is 5.69 Å². The Kier molecular flexibility index (Phi) is 4.97. The molecular weight excluding hydrogens is 318 g/mol. The van der Waals surface area contributed by atoms with Crippen molar-refractivity contribution in [2.24, 2.45) is 0 Å². The number of ether oxygens (including phenoxy) is 1. The molecule has 0 bridgehead atoms. The quantitative estimate of drug-likeness (QED) is 0.765. The van der Waals surface area contributed by atoms with Gasteiger partial charge >= 0.3 is 5.97 Å². The van der Waals surface area contributed by atoms with Crippen LogP contribution in [0.25, 0.3) is 11.5 Å². The minimum absolute atomic E-state index is 0.0486. The molecule has 1 aliphatic rings. The molecule has 1 aliphatic heterocycles. The van der Waals surface area contributed by atoms with E-state index in [-0.39, 0.29) is 11.9 Å². The molecule has 0 unspecified atom stereocenters. The number of rotatable bonds is 7. The van der Waals surface area contributed by atoms with Crippen molar-refractivity contribution in [3.8, 4) is 11.5 Å². The van der Waals surface area contributed by atoms with Crippen LogP contribution in [0, 0.1) is 0 Å². The van der Waals surface area contributed by atoms with Crippen molar-refractivity contribution in [3.05, 3.63) is 12.3 Å². The molecule has 0 aliphatic carbocycles. The van der Waals surface area contributed by atoms with Gasteiger partial charge in [-0.3, -0.25) is 14.0 Å². The second kappa shape index (κ2) is 7.14. The van der Waals surface area contributed by atoms with Crippen LogP contribution in [-0.2, 0) is 22.6 Å². The third-order valence-corrected chi connectivity index (χ3v) is 4.60. The first-order valence-corrected chi connectivity index (χ1v) is 8.59. The molecule has 2 aromatic rings. The molecule has 0 radical (unpaired) electrons. The first kappa shape index (κ1) is 16.0. The van der Waals surface area contributed by atoms with Crippen LogP contribution in [0.1, 0.15) is 19.8 Å². The zero-order valence-electron chi connectivity index (χ0n) is 12.9. The first-order valence-electron chi connectivity index (χ1n) is 7.60. The highest BCUT2D eigenvalue weighted by Gasteiger charge is 2.23. The fourth-order valence-corrected chi connectivity index (χ4v) is 3.19. The van der Waals surface area contributed by atoms with Crippen molar-refractivity contribution in [3.63, 3.8) is 0 Å². The summed E-state index contributed by atoms with van der Waals surface area (Å²) < 4.78 is 9.44. The Labute approximate surface area is 137 Å². The topological polar surface area (TPSA) is 95.1 Å². The molecule has 0 saturated carbocycles. The first-order chi connectivity index (χ1) is 11.2.